The van der Waals surface area contributed by atoms with E-state index in [-0.39, 0.29) is 12.1 Å². The lowest BCUT2D eigenvalue weighted by molar-refractivity contribution is -0.0103. The van der Waals surface area contributed by atoms with Gasteiger partial charge in [-0.15, -0.1) is 0 Å². The molecule has 1 aliphatic rings. The first-order chi connectivity index (χ1) is 11.9. The van der Waals surface area contributed by atoms with E-state index in [9.17, 15) is 9.90 Å². The highest BCUT2D eigenvalue weighted by molar-refractivity contribution is 5.95. The van der Waals surface area contributed by atoms with Crippen LogP contribution in [0, 0.1) is 13.8 Å². The molecule has 0 spiro atoms. The summed E-state index contributed by atoms with van der Waals surface area (Å²) in [5.41, 5.74) is 3.96. The summed E-state index contributed by atoms with van der Waals surface area (Å²) in [4.78, 5) is 12.2. The summed E-state index contributed by atoms with van der Waals surface area (Å²) in [6.07, 6.45) is -0.520. The molecule has 3 atom stereocenters. The van der Waals surface area contributed by atoms with Crippen LogP contribution in [0.2, 0.25) is 0 Å². The average Bonchev–Trinajstić information content (AvgIpc) is 2.91. The summed E-state index contributed by atoms with van der Waals surface area (Å²) in [7, 11) is 0. The fraction of sp³-hybridized carbons (Fsp3) is 0.381. The molecule has 3 unspecified atom stereocenters. The maximum Gasteiger partial charge on any atom is 0.339 e. The van der Waals surface area contributed by atoms with Gasteiger partial charge in [0.15, 0.2) is 6.10 Å². The smallest absolute Gasteiger partial charge is 0.339 e. The van der Waals surface area contributed by atoms with E-state index >= 15 is 0 Å². The SMILES string of the molecule is CCC(C)Oc1ccc(C(O)C2OC(=O)c3c(C)cc(C)cc32)cc1. The van der Waals surface area contributed by atoms with Crippen LogP contribution in [-0.4, -0.2) is 17.2 Å². The molecule has 2 aromatic carbocycles. The van der Waals surface area contributed by atoms with E-state index in [0.29, 0.717) is 11.1 Å². The number of rotatable bonds is 5. The number of cyclic esters (lactones) is 1. The molecule has 2 aromatic rings. The van der Waals surface area contributed by atoms with Crippen LogP contribution in [0.5, 0.6) is 5.75 Å². The lowest BCUT2D eigenvalue weighted by Gasteiger charge is -2.19. The summed E-state index contributed by atoms with van der Waals surface area (Å²) in [5.74, 6) is 0.397. The van der Waals surface area contributed by atoms with Crippen LogP contribution in [0.3, 0.4) is 0 Å². The van der Waals surface area contributed by atoms with Crippen LogP contribution >= 0.6 is 0 Å². The molecule has 1 aliphatic heterocycles. The van der Waals surface area contributed by atoms with Crippen molar-refractivity contribution in [2.45, 2.75) is 52.4 Å². The van der Waals surface area contributed by atoms with Gasteiger partial charge in [-0.25, -0.2) is 4.79 Å². The Hall–Kier alpha value is -2.33. The van der Waals surface area contributed by atoms with Gasteiger partial charge in [0.2, 0.25) is 0 Å². The minimum absolute atomic E-state index is 0.143. The molecule has 1 heterocycles. The van der Waals surface area contributed by atoms with Crippen LogP contribution in [0.25, 0.3) is 0 Å². The molecule has 1 N–H and O–H groups in total. The molecule has 0 radical (unpaired) electrons. The highest BCUT2D eigenvalue weighted by Gasteiger charge is 2.37. The lowest BCUT2D eigenvalue weighted by atomic mass is 9.93. The summed E-state index contributed by atoms with van der Waals surface area (Å²) >= 11 is 0. The second-order valence-electron chi connectivity index (χ2n) is 6.72. The fourth-order valence-electron chi connectivity index (χ4n) is 3.21. The van der Waals surface area contributed by atoms with Gasteiger partial charge in [-0.2, -0.15) is 0 Å². The average molecular weight is 340 g/mol. The second-order valence-corrected chi connectivity index (χ2v) is 6.72. The molecule has 25 heavy (non-hydrogen) atoms. The number of fused-ring (bicyclic) bond motifs is 1. The van der Waals surface area contributed by atoms with E-state index in [1.807, 2.05) is 57.2 Å². The van der Waals surface area contributed by atoms with Gasteiger partial charge in [-0.05, 0) is 50.5 Å². The van der Waals surface area contributed by atoms with Crippen LogP contribution in [0.4, 0.5) is 0 Å². The third-order valence-electron chi connectivity index (χ3n) is 4.68. The zero-order valence-electron chi connectivity index (χ0n) is 15.1. The van der Waals surface area contributed by atoms with Crippen LogP contribution in [0.15, 0.2) is 36.4 Å². The number of hydrogen-bond donors (Lipinski definition) is 1. The lowest BCUT2D eigenvalue weighted by Crippen LogP contribution is -2.12. The van der Waals surface area contributed by atoms with E-state index in [1.54, 1.807) is 0 Å². The van der Waals surface area contributed by atoms with Crippen LogP contribution in [0.1, 0.15) is 65.1 Å². The molecule has 0 saturated carbocycles. The molecular weight excluding hydrogens is 316 g/mol. The van der Waals surface area contributed by atoms with Gasteiger partial charge in [0.25, 0.3) is 0 Å². The number of esters is 1. The molecule has 4 nitrogen and oxygen atoms in total. The third kappa shape index (κ3) is 3.40. The first kappa shape index (κ1) is 17.5. The number of aryl methyl sites for hydroxylation is 2. The van der Waals surface area contributed by atoms with Gasteiger partial charge in [0.1, 0.15) is 11.9 Å². The zero-order valence-corrected chi connectivity index (χ0v) is 15.1. The Morgan fingerprint density at radius 1 is 1.20 bits per heavy atom. The summed E-state index contributed by atoms with van der Waals surface area (Å²) in [6.45, 7) is 7.95. The molecule has 0 aliphatic carbocycles. The maximum absolute atomic E-state index is 12.2. The number of carbonyl (C=O) groups is 1. The molecule has 132 valence electrons. The van der Waals surface area contributed by atoms with E-state index in [2.05, 4.69) is 6.92 Å². The number of carbonyl (C=O) groups excluding carboxylic acids is 1. The van der Waals surface area contributed by atoms with E-state index in [1.165, 1.54) is 0 Å². The van der Waals surface area contributed by atoms with Crippen molar-refractivity contribution >= 4 is 5.97 Å². The fourth-order valence-corrected chi connectivity index (χ4v) is 3.21. The predicted octanol–water partition coefficient (Wildman–Crippen LogP) is 4.43. The van der Waals surface area contributed by atoms with Gasteiger partial charge in [0.05, 0.1) is 11.7 Å². The Kier molecular flexibility index (Phi) is 4.82. The first-order valence-corrected chi connectivity index (χ1v) is 8.67. The Morgan fingerprint density at radius 3 is 2.52 bits per heavy atom. The van der Waals surface area contributed by atoms with Gasteiger partial charge >= 0.3 is 5.97 Å². The number of benzene rings is 2. The van der Waals surface area contributed by atoms with Gasteiger partial charge in [0, 0.05) is 5.56 Å². The minimum Gasteiger partial charge on any atom is -0.491 e. The Morgan fingerprint density at radius 2 is 1.88 bits per heavy atom. The standard InChI is InChI=1S/C21H24O4/c1-5-14(4)24-16-8-6-15(7-9-16)19(22)20-17-11-12(2)10-13(3)18(17)21(23)25-20/h6-11,14,19-20,22H,5H2,1-4H3. The number of hydrogen-bond acceptors (Lipinski definition) is 4. The van der Waals surface area contributed by atoms with Gasteiger partial charge in [-0.1, -0.05) is 36.8 Å². The summed E-state index contributed by atoms with van der Waals surface area (Å²) < 4.78 is 11.2. The van der Waals surface area contributed by atoms with Gasteiger partial charge < -0.3 is 14.6 Å². The van der Waals surface area contributed by atoms with E-state index in [0.717, 1.165) is 28.9 Å². The van der Waals surface area contributed by atoms with E-state index in [4.69, 9.17) is 9.47 Å². The van der Waals surface area contributed by atoms with Crippen molar-refractivity contribution < 1.29 is 19.4 Å². The summed E-state index contributed by atoms with van der Waals surface area (Å²) in [5, 5.41) is 10.8. The van der Waals surface area contributed by atoms with Crippen molar-refractivity contribution in [2.75, 3.05) is 0 Å². The van der Waals surface area contributed by atoms with Gasteiger partial charge in [-0.3, -0.25) is 0 Å². The van der Waals surface area contributed by atoms with Crippen molar-refractivity contribution in [2.24, 2.45) is 0 Å². The molecule has 0 saturated heterocycles. The molecule has 3 rings (SSSR count). The monoisotopic (exact) mass is 340 g/mol. The number of ether oxygens (including phenoxy) is 2. The summed E-state index contributed by atoms with van der Waals surface area (Å²) in [6, 6.07) is 11.2. The molecular formula is C21H24O4. The molecule has 0 aromatic heterocycles. The highest BCUT2D eigenvalue weighted by atomic mass is 16.6. The molecule has 0 bridgehead atoms. The number of aliphatic hydroxyl groups is 1. The van der Waals surface area contributed by atoms with Crippen LogP contribution < -0.4 is 4.74 Å². The number of aliphatic hydroxyl groups excluding tert-OH is 1. The van der Waals surface area contributed by atoms with Crippen LogP contribution in [-0.2, 0) is 4.74 Å². The normalized spacial score (nSPS) is 18.4. The quantitative estimate of drug-likeness (QED) is 0.818. The Balaban J connectivity index is 1.85. The molecule has 0 fully saturated rings. The van der Waals surface area contributed by atoms with Crippen molar-refractivity contribution in [1.82, 2.24) is 0 Å². The predicted molar refractivity (Wildman–Crippen MR) is 95.9 cm³/mol. The Labute approximate surface area is 148 Å². The largest absolute Gasteiger partial charge is 0.491 e. The van der Waals surface area contributed by atoms with Crippen molar-refractivity contribution in [3.8, 4) is 5.75 Å². The topological polar surface area (TPSA) is 55.8 Å². The van der Waals surface area contributed by atoms with Crippen molar-refractivity contribution in [3.05, 3.63) is 64.2 Å². The minimum atomic E-state index is -0.913. The maximum atomic E-state index is 12.2. The Bertz CT molecular complexity index is 779. The third-order valence-corrected chi connectivity index (χ3v) is 4.68. The molecule has 0 amide bonds. The van der Waals surface area contributed by atoms with E-state index < -0.39 is 12.2 Å². The van der Waals surface area contributed by atoms with Crippen molar-refractivity contribution in [1.29, 1.82) is 0 Å². The molecule has 4 heteroatoms. The second kappa shape index (κ2) is 6.89. The highest BCUT2D eigenvalue weighted by Crippen LogP contribution is 2.41. The zero-order chi connectivity index (χ0) is 18.1. The van der Waals surface area contributed by atoms with Crippen molar-refractivity contribution in [3.63, 3.8) is 0 Å². The first-order valence-electron chi connectivity index (χ1n) is 8.67.